The van der Waals surface area contributed by atoms with Crippen molar-refractivity contribution < 1.29 is 14.6 Å². The fourth-order valence-electron chi connectivity index (χ4n) is 4.34. The molecule has 0 saturated heterocycles. The monoisotopic (exact) mass is 694 g/mol. The molecule has 6 nitrogen and oxygen atoms in total. The molecule has 0 unspecified atom stereocenters. The number of benzene rings is 2. The van der Waals surface area contributed by atoms with Crippen molar-refractivity contribution in [3.05, 3.63) is 92.1 Å². The number of hydrogen-bond donors (Lipinski definition) is 1. The molecule has 4 rings (SSSR count). The van der Waals surface area contributed by atoms with E-state index in [2.05, 4.69) is 52.4 Å². The van der Waals surface area contributed by atoms with E-state index >= 15 is 0 Å². The second kappa shape index (κ2) is 11.7. The summed E-state index contributed by atoms with van der Waals surface area (Å²) in [7, 11) is 0. The summed E-state index contributed by atoms with van der Waals surface area (Å²) in [6.45, 7) is 8.28. The average Bonchev–Trinajstić information content (AvgIpc) is 3.16. The average molecular weight is 695 g/mol. The molecule has 0 bridgehead atoms. The highest BCUT2D eigenvalue weighted by Gasteiger charge is 2.34. The first-order valence-corrected chi connectivity index (χ1v) is 14.8. The summed E-state index contributed by atoms with van der Waals surface area (Å²) in [6, 6.07) is 11.0. The highest BCUT2D eigenvalue weighted by molar-refractivity contribution is 14.1. The third kappa shape index (κ3) is 5.63. The number of aromatic nitrogens is 1. The lowest BCUT2D eigenvalue weighted by molar-refractivity contribution is -0.139. The number of aromatic hydroxyl groups is 1. The number of thiazole rings is 1. The lowest BCUT2D eigenvalue weighted by Crippen LogP contribution is -2.40. The molecule has 9 heteroatoms. The summed E-state index contributed by atoms with van der Waals surface area (Å²) in [5.74, 6) is 0.00267. The topological polar surface area (TPSA) is 80.9 Å². The summed E-state index contributed by atoms with van der Waals surface area (Å²) in [4.78, 5) is 32.5. The predicted molar refractivity (Wildman–Crippen MR) is 159 cm³/mol. The molecule has 1 aliphatic rings. The van der Waals surface area contributed by atoms with Gasteiger partial charge in [-0.15, -0.1) is 0 Å². The Kier molecular flexibility index (Phi) is 8.75. The van der Waals surface area contributed by atoms with Crippen molar-refractivity contribution >= 4 is 61.9 Å². The van der Waals surface area contributed by atoms with Gasteiger partial charge in [-0.3, -0.25) is 9.36 Å². The van der Waals surface area contributed by atoms with Crippen LogP contribution in [-0.2, 0) is 9.53 Å². The predicted octanol–water partition coefficient (Wildman–Crippen LogP) is 5.77. The van der Waals surface area contributed by atoms with Crippen LogP contribution in [-0.4, -0.2) is 22.2 Å². The summed E-state index contributed by atoms with van der Waals surface area (Å²) in [6.07, 6.45) is 3.06. The molecule has 0 saturated carbocycles. The highest BCUT2D eigenvalue weighted by atomic mass is 127. The van der Waals surface area contributed by atoms with Crippen molar-refractivity contribution in [2.24, 2.45) is 4.99 Å². The van der Waals surface area contributed by atoms with E-state index in [1.165, 1.54) is 16.9 Å². The number of ether oxygens (including phenoxy) is 1. The van der Waals surface area contributed by atoms with Gasteiger partial charge in [-0.25, -0.2) is 9.79 Å². The van der Waals surface area contributed by atoms with Gasteiger partial charge in [0.15, 0.2) is 4.80 Å². The molecule has 0 fully saturated rings. The van der Waals surface area contributed by atoms with E-state index in [4.69, 9.17) is 9.73 Å². The Morgan fingerprint density at radius 1 is 1.27 bits per heavy atom. The molecule has 0 radical (unpaired) electrons. The van der Waals surface area contributed by atoms with Crippen LogP contribution in [0, 0.1) is 3.57 Å². The molecule has 2 heterocycles. The van der Waals surface area contributed by atoms with Crippen LogP contribution in [0.5, 0.6) is 5.75 Å². The molecule has 0 spiro atoms. The molecule has 37 heavy (non-hydrogen) atoms. The molecule has 0 aliphatic carbocycles. The molecule has 0 amide bonds. The van der Waals surface area contributed by atoms with Crippen LogP contribution in [0.1, 0.15) is 69.2 Å². The molecular formula is C28H28BrIN2O4S. The molecular weight excluding hydrogens is 667 g/mol. The number of fused-ring (bicyclic) bond motifs is 1. The second-order valence-electron chi connectivity index (χ2n) is 9.06. The third-order valence-electron chi connectivity index (χ3n) is 6.16. The minimum Gasteiger partial charge on any atom is -0.506 e. The summed E-state index contributed by atoms with van der Waals surface area (Å²) >= 11 is 6.77. The number of rotatable bonds is 7. The van der Waals surface area contributed by atoms with E-state index in [9.17, 15) is 14.7 Å². The first-order valence-electron chi connectivity index (χ1n) is 12.2. The Balaban J connectivity index is 2.00. The van der Waals surface area contributed by atoms with Crippen LogP contribution < -0.4 is 14.9 Å². The van der Waals surface area contributed by atoms with Gasteiger partial charge in [0.05, 0.1) is 32.0 Å². The maximum Gasteiger partial charge on any atom is 0.338 e. The highest BCUT2D eigenvalue weighted by Crippen LogP contribution is 2.33. The number of phenolic OH excluding ortho intramolecular Hbond substituents is 1. The number of allylic oxidation sites excluding steroid dienone is 1. The minimum absolute atomic E-state index is 0.106. The number of halogens is 2. The van der Waals surface area contributed by atoms with Crippen molar-refractivity contribution in [3.8, 4) is 5.75 Å². The van der Waals surface area contributed by atoms with Crippen LogP contribution in [0.15, 0.2) is 61.9 Å². The standard InChI is InChI=1S/C28H28BrIN2O4S/c1-5-7-21-23(27(35)36-6-2)24(17-10-8-16(9-11-17)15(3)4)32-26(34)22(37-28(32)31-21)13-18-12-19(29)14-20(30)25(18)33/h8-15,24,33H,5-7H2,1-4H3/b22-13-/t24-/m1/s1. The van der Waals surface area contributed by atoms with E-state index in [1.54, 1.807) is 29.7 Å². The number of carbonyl (C=O) groups is 1. The smallest absolute Gasteiger partial charge is 0.338 e. The van der Waals surface area contributed by atoms with Gasteiger partial charge in [0.2, 0.25) is 0 Å². The Morgan fingerprint density at radius 3 is 2.59 bits per heavy atom. The molecule has 194 valence electrons. The maximum absolute atomic E-state index is 13.9. The van der Waals surface area contributed by atoms with Crippen molar-refractivity contribution in [3.63, 3.8) is 0 Å². The summed E-state index contributed by atoms with van der Waals surface area (Å²) < 4.78 is 8.94. The van der Waals surface area contributed by atoms with Gasteiger partial charge in [-0.2, -0.15) is 0 Å². The Labute approximate surface area is 241 Å². The fraction of sp³-hybridized carbons (Fsp3) is 0.321. The number of carbonyl (C=O) groups excluding carboxylic acids is 1. The van der Waals surface area contributed by atoms with Gasteiger partial charge in [-0.05, 0) is 71.2 Å². The third-order valence-corrected chi connectivity index (χ3v) is 8.42. The van der Waals surface area contributed by atoms with Gasteiger partial charge in [0.1, 0.15) is 5.75 Å². The summed E-state index contributed by atoms with van der Waals surface area (Å²) in [5, 5.41) is 10.6. The molecule has 1 atom stereocenters. The number of hydrogen-bond acceptors (Lipinski definition) is 6. The number of nitrogens with zero attached hydrogens (tertiary/aromatic N) is 2. The van der Waals surface area contributed by atoms with Gasteiger partial charge in [-0.1, -0.05) is 78.7 Å². The Morgan fingerprint density at radius 2 is 1.97 bits per heavy atom. The molecule has 1 aromatic heterocycles. The van der Waals surface area contributed by atoms with Crippen molar-refractivity contribution in [1.29, 1.82) is 0 Å². The lowest BCUT2D eigenvalue weighted by Gasteiger charge is -2.26. The SMILES string of the molecule is CCCC1=C(C(=O)OCC)[C@@H](c2ccc(C(C)C)cc2)n2c(s/c(=C\c3cc(Br)cc(I)c3O)c2=O)=N1. The molecule has 1 aliphatic heterocycles. The van der Waals surface area contributed by atoms with Gasteiger partial charge < -0.3 is 9.84 Å². The van der Waals surface area contributed by atoms with Crippen LogP contribution in [0.4, 0.5) is 0 Å². The van der Waals surface area contributed by atoms with Crippen molar-refractivity contribution in [2.75, 3.05) is 6.61 Å². The maximum atomic E-state index is 13.9. The van der Waals surface area contributed by atoms with Gasteiger partial charge >= 0.3 is 5.97 Å². The van der Waals surface area contributed by atoms with Crippen molar-refractivity contribution in [2.45, 2.75) is 52.5 Å². The van der Waals surface area contributed by atoms with E-state index in [0.29, 0.717) is 42.1 Å². The van der Waals surface area contributed by atoms with Crippen LogP contribution in [0.2, 0.25) is 0 Å². The van der Waals surface area contributed by atoms with Crippen molar-refractivity contribution in [1.82, 2.24) is 4.57 Å². The quantitative estimate of drug-likeness (QED) is 0.252. The zero-order valence-corrected chi connectivity index (χ0v) is 25.6. The lowest BCUT2D eigenvalue weighted by atomic mass is 9.92. The normalized spacial score (nSPS) is 15.6. The van der Waals surface area contributed by atoms with E-state index in [0.717, 1.165) is 16.5 Å². The van der Waals surface area contributed by atoms with E-state index < -0.39 is 12.0 Å². The zero-order valence-electron chi connectivity index (χ0n) is 21.0. The van der Waals surface area contributed by atoms with E-state index in [1.807, 2.05) is 31.2 Å². The first-order chi connectivity index (χ1) is 17.7. The number of esters is 1. The van der Waals surface area contributed by atoms with Crippen LogP contribution in [0.3, 0.4) is 0 Å². The van der Waals surface area contributed by atoms with Crippen LogP contribution >= 0.6 is 49.9 Å². The first kappa shape index (κ1) is 27.8. The van der Waals surface area contributed by atoms with Gasteiger partial charge in [0, 0.05) is 10.0 Å². The fourth-order valence-corrected chi connectivity index (χ4v) is 6.90. The molecule has 3 aromatic rings. The molecule has 2 aromatic carbocycles. The number of phenols is 1. The minimum atomic E-state index is -0.656. The van der Waals surface area contributed by atoms with Gasteiger partial charge in [0.25, 0.3) is 5.56 Å². The Bertz CT molecular complexity index is 1550. The second-order valence-corrected chi connectivity index (χ2v) is 12.1. The summed E-state index contributed by atoms with van der Waals surface area (Å²) in [5.41, 5.74) is 3.30. The zero-order chi connectivity index (χ0) is 26.9. The Hall–Kier alpha value is -2.24. The largest absolute Gasteiger partial charge is 0.506 e. The van der Waals surface area contributed by atoms with Crippen LogP contribution in [0.25, 0.3) is 6.08 Å². The van der Waals surface area contributed by atoms with E-state index in [-0.39, 0.29) is 17.9 Å². The molecule has 1 N–H and O–H groups in total.